The van der Waals surface area contributed by atoms with Gasteiger partial charge in [0, 0.05) is 15.6 Å². The number of amidine groups is 1. The first-order valence-corrected chi connectivity index (χ1v) is 16.4. The number of methoxy groups -OCH3 is 1. The molecule has 0 saturated carbocycles. The van der Waals surface area contributed by atoms with Crippen LogP contribution in [0.4, 0.5) is 0 Å². The van der Waals surface area contributed by atoms with Crippen LogP contribution >= 0.6 is 35.0 Å². The Balaban J connectivity index is 1.18. The van der Waals surface area contributed by atoms with Gasteiger partial charge in [-0.3, -0.25) is 9.69 Å². The van der Waals surface area contributed by atoms with Crippen molar-refractivity contribution in [2.45, 2.75) is 19.8 Å². The summed E-state index contributed by atoms with van der Waals surface area (Å²) in [6.07, 6.45) is 4.98. The normalized spacial score (nSPS) is 14.7. The highest BCUT2D eigenvalue weighted by Crippen LogP contribution is 2.36. The minimum Gasteiger partial charge on any atom is -0.493 e. The van der Waals surface area contributed by atoms with Crippen molar-refractivity contribution in [2.75, 3.05) is 7.11 Å². The van der Waals surface area contributed by atoms with Crippen molar-refractivity contribution in [3.8, 4) is 17.2 Å². The zero-order valence-corrected chi connectivity index (χ0v) is 28.0. The lowest BCUT2D eigenvalue weighted by molar-refractivity contribution is -0.122. The molecule has 0 bridgehead atoms. The maximum Gasteiger partial charge on any atom is 0.267 e. The summed E-state index contributed by atoms with van der Waals surface area (Å²) < 4.78 is 23.0. The van der Waals surface area contributed by atoms with Crippen LogP contribution in [0.1, 0.15) is 28.0 Å². The fourth-order valence-corrected chi connectivity index (χ4v) is 6.09. The molecule has 1 aliphatic heterocycles. The van der Waals surface area contributed by atoms with Gasteiger partial charge in [0.15, 0.2) is 16.7 Å². The number of carbonyl (C=O) groups is 1. The summed E-state index contributed by atoms with van der Waals surface area (Å²) in [5.74, 6) is 2.14. The van der Waals surface area contributed by atoms with E-state index in [1.54, 1.807) is 56.0 Å². The predicted molar refractivity (Wildman–Crippen MR) is 191 cm³/mol. The fraction of sp³-hybridized carbons (Fsp3) is 0.108. The molecule has 0 N–H and O–H groups in total. The van der Waals surface area contributed by atoms with Crippen LogP contribution in [0.3, 0.4) is 0 Å². The summed E-state index contributed by atoms with van der Waals surface area (Å²) in [4.78, 5) is 15.6. The number of carbonyl (C=O) groups excluding carboxylic acids is 1. The molecule has 0 spiro atoms. The summed E-state index contributed by atoms with van der Waals surface area (Å²) in [5.41, 5.74) is 3.42. The summed E-state index contributed by atoms with van der Waals surface area (Å²) in [6.45, 7) is 0.893. The van der Waals surface area contributed by atoms with E-state index < -0.39 is 0 Å². The predicted octanol–water partition coefficient (Wildman–Crippen LogP) is 9.26. The molecule has 2 heterocycles. The van der Waals surface area contributed by atoms with E-state index in [-0.39, 0.29) is 19.1 Å². The molecule has 48 heavy (non-hydrogen) atoms. The molecule has 0 atom stereocenters. The topological polar surface area (TPSA) is 85.9 Å². The number of nitrogens with zero attached hydrogens (tertiary/aromatic N) is 3. The number of ether oxygens (including phenoxy) is 3. The number of halogens is 2. The Morgan fingerprint density at radius 3 is 2.52 bits per heavy atom. The largest absolute Gasteiger partial charge is 0.493 e. The third-order valence-electron chi connectivity index (χ3n) is 7.12. The van der Waals surface area contributed by atoms with E-state index in [9.17, 15) is 4.79 Å². The second kappa shape index (κ2) is 15.8. The van der Waals surface area contributed by atoms with Gasteiger partial charge in [-0.1, -0.05) is 77.8 Å². The van der Waals surface area contributed by atoms with Gasteiger partial charge < -0.3 is 18.6 Å². The summed E-state index contributed by atoms with van der Waals surface area (Å²) >= 11 is 13.5. The Labute approximate surface area is 292 Å². The highest BCUT2D eigenvalue weighted by atomic mass is 35.5. The average molecular weight is 699 g/mol. The van der Waals surface area contributed by atoms with E-state index in [1.807, 2.05) is 72.8 Å². The Hall–Kier alpha value is -4.96. The summed E-state index contributed by atoms with van der Waals surface area (Å²) in [6, 6.07) is 31.8. The van der Waals surface area contributed by atoms with Gasteiger partial charge >= 0.3 is 0 Å². The third-order valence-corrected chi connectivity index (χ3v) is 8.71. The molecule has 11 heteroatoms. The van der Waals surface area contributed by atoms with Gasteiger partial charge in [-0.2, -0.15) is 5.10 Å². The van der Waals surface area contributed by atoms with E-state index in [0.717, 1.165) is 22.3 Å². The second-order valence-electron chi connectivity index (χ2n) is 10.5. The number of hydrogen-bond donors (Lipinski definition) is 0. The Morgan fingerprint density at radius 2 is 1.73 bits per heavy atom. The van der Waals surface area contributed by atoms with Crippen molar-refractivity contribution in [3.63, 3.8) is 0 Å². The van der Waals surface area contributed by atoms with Crippen LogP contribution in [0.15, 0.2) is 129 Å². The molecule has 242 valence electrons. The standard InChI is InChI=1S/C37H29Cl2N3O5S/c1-44-34-18-26(12-15-33(34)47-24-28-13-14-29(38)20-32(28)39)19-35-36(43)42(22-31-11-6-16-45-31)37(48-35)41-40-21-27-9-5-10-30(17-27)46-23-25-7-3-2-4-8-25/h2-21H,22-24H2,1H3/b35-19-,40-21-,41-37+. The van der Waals surface area contributed by atoms with Crippen LogP contribution in [0, 0.1) is 0 Å². The molecule has 1 aliphatic rings. The molecule has 4 aromatic carbocycles. The van der Waals surface area contributed by atoms with Gasteiger partial charge in [0.05, 0.1) is 31.0 Å². The van der Waals surface area contributed by atoms with Gasteiger partial charge in [-0.15, -0.1) is 5.10 Å². The molecule has 8 nitrogen and oxygen atoms in total. The van der Waals surface area contributed by atoms with Gasteiger partial charge in [0.1, 0.15) is 24.7 Å². The van der Waals surface area contributed by atoms with Crippen LogP contribution < -0.4 is 14.2 Å². The number of rotatable bonds is 12. The second-order valence-corrected chi connectivity index (χ2v) is 12.3. The SMILES string of the molecule is COc1cc(/C=C2\S/C(=N/N=C\c3cccc(OCc4ccccc4)c3)N(Cc3ccco3)C2=O)ccc1OCc1ccc(Cl)cc1Cl. The van der Waals surface area contributed by atoms with Crippen molar-refractivity contribution >= 4 is 58.3 Å². The van der Waals surface area contributed by atoms with Crippen molar-refractivity contribution in [1.82, 2.24) is 4.90 Å². The molecule has 0 radical (unpaired) electrons. The first kappa shape index (κ1) is 33.0. The van der Waals surface area contributed by atoms with Crippen LogP contribution in [-0.2, 0) is 24.6 Å². The fourth-order valence-electron chi connectivity index (χ4n) is 4.69. The third kappa shape index (κ3) is 8.49. The maximum atomic E-state index is 13.6. The monoisotopic (exact) mass is 697 g/mol. The smallest absolute Gasteiger partial charge is 0.267 e. The van der Waals surface area contributed by atoms with Crippen LogP contribution in [0.5, 0.6) is 17.2 Å². The quantitative estimate of drug-likeness (QED) is 0.0734. The first-order valence-electron chi connectivity index (χ1n) is 14.8. The molecular formula is C37H29Cl2N3O5S. The van der Waals surface area contributed by atoms with Gasteiger partial charge in [-0.05, 0) is 83.1 Å². The highest BCUT2D eigenvalue weighted by Gasteiger charge is 2.34. The molecule has 0 aliphatic carbocycles. The molecule has 1 saturated heterocycles. The maximum absolute atomic E-state index is 13.6. The van der Waals surface area contributed by atoms with Gasteiger partial charge in [-0.25, -0.2) is 0 Å². The zero-order valence-electron chi connectivity index (χ0n) is 25.7. The molecule has 1 fully saturated rings. The van der Waals surface area contributed by atoms with Crippen molar-refractivity contribution in [3.05, 3.63) is 152 Å². The molecular weight excluding hydrogens is 669 g/mol. The number of thioether (sulfide) groups is 1. The van der Waals surface area contributed by atoms with Crippen molar-refractivity contribution in [2.24, 2.45) is 10.2 Å². The lowest BCUT2D eigenvalue weighted by Gasteiger charge is -2.13. The lowest BCUT2D eigenvalue weighted by atomic mass is 10.1. The van der Waals surface area contributed by atoms with Crippen LogP contribution in [0.25, 0.3) is 6.08 Å². The number of furan rings is 1. The first-order chi connectivity index (χ1) is 23.4. The van der Waals surface area contributed by atoms with E-state index >= 15 is 0 Å². The lowest BCUT2D eigenvalue weighted by Crippen LogP contribution is -2.28. The Morgan fingerprint density at radius 1 is 0.854 bits per heavy atom. The van der Waals surface area contributed by atoms with Crippen LogP contribution in [0.2, 0.25) is 10.0 Å². The number of benzene rings is 4. The van der Waals surface area contributed by atoms with Crippen molar-refractivity contribution in [1.29, 1.82) is 0 Å². The minimum absolute atomic E-state index is 0.205. The zero-order chi connectivity index (χ0) is 33.3. The molecule has 6 rings (SSSR count). The number of hydrogen-bond acceptors (Lipinski definition) is 8. The Bertz CT molecular complexity index is 1980. The van der Waals surface area contributed by atoms with Crippen molar-refractivity contribution < 1.29 is 23.4 Å². The Kier molecular flexibility index (Phi) is 10.8. The molecule has 0 unspecified atom stereocenters. The van der Waals surface area contributed by atoms with E-state index in [2.05, 4.69) is 10.2 Å². The van der Waals surface area contributed by atoms with E-state index in [1.165, 1.54) is 16.7 Å². The summed E-state index contributed by atoms with van der Waals surface area (Å²) in [5, 5.41) is 10.2. The summed E-state index contributed by atoms with van der Waals surface area (Å²) in [7, 11) is 1.56. The molecule has 1 amide bonds. The van der Waals surface area contributed by atoms with E-state index in [4.69, 9.17) is 41.8 Å². The number of amides is 1. The average Bonchev–Trinajstić information content (AvgIpc) is 3.72. The van der Waals surface area contributed by atoms with E-state index in [0.29, 0.717) is 49.7 Å². The highest BCUT2D eigenvalue weighted by molar-refractivity contribution is 8.18. The minimum atomic E-state index is -0.224. The van der Waals surface area contributed by atoms with Gasteiger partial charge in [0.2, 0.25) is 0 Å². The molecule has 1 aromatic heterocycles. The molecule has 5 aromatic rings. The van der Waals surface area contributed by atoms with Gasteiger partial charge in [0.25, 0.3) is 5.91 Å². The van der Waals surface area contributed by atoms with Crippen LogP contribution in [-0.4, -0.2) is 29.3 Å².